The Bertz CT molecular complexity index is 593. The van der Waals surface area contributed by atoms with Crippen molar-refractivity contribution in [2.24, 2.45) is 0 Å². The first-order valence-corrected chi connectivity index (χ1v) is 6.15. The van der Waals surface area contributed by atoms with Crippen molar-refractivity contribution in [1.82, 2.24) is 0 Å². The zero-order chi connectivity index (χ0) is 12.8. The third-order valence-corrected chi connectivity index (χ3v) is 3.33. The van der Waals surface area contributed by atoms with Crippen LogP contribution < -0.4 is 10.6 Å². The first-order chi connectivity index (χ1) is 8.57. The third kappa shape index (κ3) is 1.72. The van der Waals surface area contributed by atoms with E-state index >= 15 is 0 Å². The Kier molecular flexibility index (Phi) is 2.30. The molecule has 0 saturated carbocycles. The second kappa shape index (κ2) is 3.73. The molecular weight excluding hydrogens is 224 g/mol. The van der Waals surface area contributed by atoms with Crippen LogP contribution in [0.4, 0.5) is 11.4 Å². The Morgan fingerprint density at radius 1 is 1.11 bits per heavy atom. The molecule has 1 heterocycles. The molecule has 0 spiro atoms. The van der Waals surface area contributed by atoms with Crippen molar-refractivity contribution in [3.05, 3.63) is 36.4 Å². The molecule has 92 valence electrons. The number of benzene rings is 2. The maximum absolute atomic E-state index is 11.4. The first-order valence-electron chi connectivity index (χ1n) is 6.15. The lowest BCUT2D eigenvalue weighted by Gasteiger charge is -2.38. The standard InChI is InChI=1S/C15H16N2O/c1-10(18)9-15(2)16-12-7-3-5-11-6-4-8-13(17-15)14(11)12/h3-8,16-17H,9H2,1-2H3. The van der Waals surface area contributed by atoms with Gasteiger partial charge in [0.05, 0.1) is 0 Å². The van der Waals surface area contributed by atoms with Crippen LogP contribution in [0.1, 0.15) is 20.3 Å². The second-order valence-corrected chi connectivity index (χ2v) is 5.17. The molecule has 0 aromatic heterocycles. The highest BCUT2D eigenvalue weighted by molar-refractivity contribution is 6.05. The summed E-state index contributed by atoms with van der Waals surface area (Å²) in [6.07, 6.45) is 0.456. The predicted octanol–water partition coefficient (Wildman–Crippen LogP) is 3.37. The third-order valence-electron chi connectivity index (χ3n) is 3.33. The van der Waals surface area contributed by atoms with Crippen molar-refractivity contribution in [3.8, 4) is 0 Å². The minimum Gasteiger partial charge on any atom is -0.362 e. The van der Waals surface area contributed by atoms with E-state index in [-0.39, 0.29) is 5.78 Å². The molecule has 3 nitrogen and oxygen atoms in total. The average Bonchev–Trinajstić information content (AvgIpc) is 2.27. The van der Waals surface area contributed by atoms with E-state index < -0.39 is 5.66 Å². The lowest BCUT2D eigenvalue weighted by molar-refractivity contribution is -0.117. The molecule has 3 heteroatoms. The van der Waals surface area contributed by atoms with Crippen molar-refractivity contribution in [2.75, 3.05) is 10.6 Å². The van der Waals surface area contributed by atoms with Gasteiger partial charge in [0, 0.05) is 23.2 Å². The summed E-state index contributed by atoms with van der Waals surface area (Å²) >= 11 is 0. The number of carbonyl (C=O) groups is 1. The molecule has 2 aromatic carbocycles. The lowest BCUT2D eigenvalue weighted by atomic mass is 9.97. The molecule has 1 aliphatic rings. The molecule has 0 bridgehead atoms. The Morgan fingerprint density at radius 2 is 1.67 bits per heavy atom. The summed E-state index contributed by atoms with van der Waals surface area (Å²) in [7, 11) is 0. The van der Waals surface area contributed by atoms with Gasteiger partial charge in [-0.25, -0.2) is 0 Å². The van der Waals surface area contributed by atoms with E-state index in [1.165, 1.54) is 10.8 Å². The van der Waals surface area contributed by atoms with E-state index in [2.05, 4.69) is 34.9 Å². The predicted molar refractivity (Wildman–Crippen MR) is 74.9 cm³/mol. The molecule has 18 heavy (non-hydrogen) atoms. The number of anilines is 2. The fraction of sp³-hybridized carbons (Fsp3) is 0.267. The summed E-state index contributed by atoms with van der Waals surface area (Å²) < 4.78 is 0. The summed E-state index contributed by atoms with van der Waals surface area (Å²) in [5.41, 5.74) is 1.77. The van der Waals surface area contributed by atoms with Gasteiger partial charge in [-0.05, 0) is 31.4 Å². The van der Waals surface area contributed by atoms with Crippen molar-refractivity contribution < 1.29 is 4.79 Å². The van der Waals surface area contributed by atoms with Gasteiger partial charge >= 0.3 is 0 Å². The molecule has 0 saturated heterocycles. The monoisotopic (exact) mass is 240 g/mol. The summed E-state index contributed by atoms with van der Waals surface area (Å²) in [6.45, 7) is 3.64. The molecule has 2 aromatic rings. The quantitative estimate of drug-likeness (QED) is 0.845. The van der Waals surface area contributed by atoms with E-state index in [0.717, 1.165) is 11.4 Å². The smallest absolute Gasteiger partial charge is 0.134 e. The van der Waals surface area contributed by atoms with Crippen molar-refractivity contribution in [2.45, 2.75) is 25.9 Å². The summed E-state index contributed by atoms with van der Waals surface area (Å²) in [5.74, 6) is 0.170. The van der Waals surface area contributed by atoms with Crippen molar-refractivity contribution in [3.63, 3.8) is 0 Å². The van der Waals surface area contributed by atoms with Gasteiger partial charge in [0.2, 0.25) is 0 Å². The highest BCUT2D eigenvalue weighted by atomic mass is 16.1. The minimum absolute atomic E-state index is 0.170. The van der Waals surface area contributed by atoms with E-state index in [1.54, 1.807) is 6.92 Å². The molecule has 3 rings (SSSR count). The first kappa shape index (κ1) is 11.1. The Morgan fingerprint density at radius 3 is 2.17 bits per heavy atom. The topological polar surface area (TPSA) is 41.1 Å². The van der Waals surface area contributed by atoms with E-state index in [1.807, 2.05) is 19.1 Å². The number of hydrogen-bond donors (Lipinski definition) is 2. The Balaban J connectivity index is 2.13. The van der Waals surface area contributed by atoms with Crippen LogP contribution in [-0.4, -0.2) is 11.4 Å². The minimum atomic E-state index is -0.408. The number of nitrogens with one attached hydrogen (secondary N) is 2. The van der Waals surface area contributed by atoms with Crippen LogP contribution in [-0.2, 0) is 4.79 Å². The number of carbonyl (C=O) groups excluding carboxylic acids is 1. The summed E-state index contributed by atoms with van der Waals surface area (Å²) in [5, 5.41) is 9.27. The Hall–Kier alpha value is -2.03. The van der Waals surface area contributed by atoms with Crippen LogP contribution in [0.15, 0.2) is 36.4 Å². The molecule has 1 aliphatic heterocycles. The fourth-order valence-electron chi connectivity index (χ4n) is 2.76. The van der Waals surface area contributed by atoms with Crippen LogP contribution in [0, 0.1) is 0 Å². The average molecular weight is 240 g/mol. The van der Waals surface area contributed by atoms with E-state index in [9.17, 15) is 4.79 Å². The van der Waals surface area contributed by atoms with E-state index in [0.29, 0.717) is 6.42 Å². The van der Waals surface area contributed by atoms with Gasteiger partial charge in [0.25, 0.3) is 0 Å². The summed E-state index contributed by atoms with van der Waals surface area (Å²) in [6, 6.07) is 12.4. The molecule has 0 radical (unpaired) electrons. The van der Waals surface area contributed by atoms with Crippen LogP contribution in [0.5, 0.6) is 0 Å². The number of hydrogen-bond acceptors (Lipinski definition) is 3. The van der Waals surface area contributed by atoms with E-state index in [4.69, 9.17) is 0 Å². The van der Waals surface area contributed by atoms with Crippen molar-refractivity contribution in [1.29, 1.82) is 0 Å². The van der Waals surface area contributed by atoms with Crippen molar-refractivity contribution >= 4 is 27.9 Å². The van der Waals surface area contributed by atoms with Crippen LogP contribution in [0.2, 0.25) is 0 Å². The maximum Gasteiger partial charge on any atom is 0.134 e. The molecule has 0 atom stereocenters. The fourth-order valence-corrected chi connectivity index (χ4v) is 2.76. The highest BCUT2D eigenvalue weighted by Gasteiger charge is 2.30. The summed E-state index contributed by atoms with van der Waals surface area (Å²) in [4.78, 5) is 11.4. The molecule has 2 N–H and O–H groups in total. The second-order valence-electron chi connectivity index (χ2n) is 5.17. The van der Waals surface area contributed by atoms with Crippen LogP contribution in [0.3, 0.4) is 0 Å². The molecular formula is C15H16N2O. The number of rotatable bonds is 2. The van der Waals surface area contributed by atoms with Gasteiger partial charge in [-0.2, -0.15) is 0 Å². The zero-order valence-corrected chi connectivity index (χ0v) is 10.6. The van der Waals surface area contributed by atoms with Gasteiger partial charge in [-0.1, -0.05) is 24.3 Å². The van der Waals surface area contributed by atoms with Gasteiger partial charge in [-0.3, -0.25) is 4.79 Å². The lowest BCUT2D eigenvalue weighted by Crippen LogP contribution is -2.46. The largest absolute Gasteiger partial charge is 0.362 e. The molecule has 0 unspecified atom stereocenters. The Labute approximate surface area is 106 Å². The number of ketones is 1. The van der Waals surface area contributed by atoms with Gasteiger partial charge in [-0.15, -0.1) is 0 Å². The maximum atomic E-state index is 11.4. The van der Waals surface area contributed by atoms with Gasteiger partial charge < -0.3 is 10.6 Å². The van der Waals surface area contributed by atoms with Crippen LogP contribution >= 0.6 is 0 Å². The highest BCUT2D eigenvalue weighted by Crippen LogP contribution is 2.38. The number of Topliss-reactive ketones (excluding diaryl/α,β-unsaturated/α-hetero) is 1. The molecule has 0 fully saturated rings. The van der Waals surface area contributed by atoms with Gasteiger partial charge in [0.1, 0.15) is 11.4 Å². The van der Waals surface area contributed by atoms with Crippen LogP contribution in [0.25, 0.3) is 10.8 Å². The zero-order valence-electron chi connectivity index (χ0n) is 10.6. The molecule has 0 aliphatic carbocycles. The molecule has 0 amide bonds. The normalized spacial score (nSPS) is 15.9. The SMILES string of the molecule is CC(=O)CC1(C)Nc2cccc3cccc(c23)N1. The van der Waals surface area contributed by atoms with Gasteiger partial charge in [0.15, 0.2) is 0 Å².